The van der Waals surface area contributed by atoms with Gasteiger partial charge in [0.2, 0.25) is 0 Å². The van der Waals surface area contributed by atoms with Crippen molar-refractivity contribution in [2.45, 2.75) is 33.3 Å². The lowest BCUT2D eigenvalue weighted by Gasteiger charge is -2.22. The summed E-state index contributed by atoms with van der Waals surface area (Å²) in [7, 11) is 1.78. The molecular formula is C10H16O. The lowest BCUT2D eigenvalue weighted by molar-refractivity contribution is 0.130. The smallest absolute Gasteiger partial charge is 0.0821 e. The number of ether oxygens (including phenoxy) is 1. The van der Waals surface area contributed by atoms with Crippen LogP contribution in [-0.4, -0.2) is 13.2 Å². The van der Waals surface area contributed by atoms with E-state index in [1.807, 2.05) is 0 Å². The van der Waals surface area contributed by atoms with E-state index in [4.69, 9.17) is 4.74 Å². The monoisotopic (exact) mass is 152 g/mol. The summed E-state index contributed by atoms with van der Waals surface area (Å²) < 4.78 is 5.35. The fourth-order valence-electron chi connectivity index (χ4n) is 1.50. The Bertz CT molecular complexity index is 211. The topological polar surface area (TPSA) is 9.23 Å². The molecule has 1 aliphatic rings. The van der Waals surface area contributed by atoms with Gasteiger partial charge < -0.3 is 4.74 Å². The molecule has 0 aromatic rings. The first-order valence-corrected chi connectivity index (χ1v) is 4.02. The summed E-state index contributed by atoms with van der Waals surface area (Å²) in [5.41, 5.74) is 4.15. The van der Waals surface area contributed by atoms with Gasteiger partial charge in [0.15, 0.2) is 0 Å². The Labute approximate surface area is 68.8 Å². The molecule has 0 saturated heterocycles. The number of rotatable bonds is 1. The second-order valence-corrected chi connectivity index (χ2v) is 3.29. The summed E-state index contributed by atoms with van der Waals surface area (Å²) in [4.78, 5) is 0. The molecule has 0 N–H and O–H groups in total. The normalized spacial score (nSPS) is 25.5. The highest BCUT2D eigenvalue weighted by Crippen LogP contribution is 2.25. The summed E-state index contributed by atoms with van der Waals surface area (Å²) in [6, 6.07) is 0. The standard InChI is InChI=1S/C10H16O/c1-7-5-8(2)9(3)10(6-7)11-4/h5,10H,6H2,1-4H3. The predicted octanol–water partition coefficient (Wildman–Crippen LogP) is 2.69. The van der Waals surface area contributed by atoms with E-state index < -0.39 is 0 Å². The molecule has 62 valence electrons. The van der Waals surface area contributed by atoms with E-state index in [1.165, 1.54) is 16.7 Å². The lowest BCUT2D eigenvalue weighted by Crippen LogP contribution is -2.16. The SMILES string of the molecule is COC1CC(C)=CC(C)=C1C. The van der Waals surface area contributed by atoms with Crippen LogP contribution in [0, 0.1) is 0 Å². The zero-order chi connectivity index (χ0) is 8.43. The minimum absolute atomic E-state index is 0.319. The lowest BCUT2D eigenvalue weighted by atomic mass is 9.92. The molecule has 0 radical (unpaired) electrons. The summed E-state index contributed by atoms with van der Waals surface area (Å²) >= 11 is 0. The van der Waals surface area contributed by atoms with Crippen molar-refractivity contribution in [1.29, 1.82) is 0 Å². The fourth-order valence-corrected chi connectivity index (χ4v) is 1.50. The first-order valence-electron chi connectivity index (χ1n) is 4.02. The Kier molecular flexibility index (Phi) is 2.50. The quantitative estimate of drug-likeness (QED) is 0.561. The molecule has 0 saturated carbocycles. The van der Waals surface area contributed by atoms with Crippen LogP contribution in [0.15, 0.2) is 22.8 Å². The minimum Gasteiger partial charge on any atom is -0.377 e. The summed E-state index contributed by atoms with van der Waals surface area (Å²) in [6.45, 7) is 6.44. The average Bonchev–Trinajstić information content (AvgIpc) is 1.96. The largest absolute Gasteiger partial charge is 0.377 e. The molecule has 0 aromatic heterocycles. The van der Waals surface area contributed by atoms with Gasteiger partial charge in [0.05, 0.1) is 6.10 Å². The summed E-state index contributed by atoms with van der Waals surface area (Å²) in [5, 5.41) is 0. The van der Waals surface area contributed by atoms with Crippen LogP contribution in [0.4, 0.5) is 0 Å². The van der Waals surface area contributed by atoms with Crippen LogP contribution >= 0.6 is 0 Å². The van der Waals surface area contributed by atoms with E-state index in [1.54, 1.807) is 7.11 Å². The van der Waals surface area contributed by atoms with Crippen molar-refractivity contribution in [3.05, 3.63) is 22.8 Å². The van der Waals surface area contributed by atoms with Crippen molar-refractivity contribution >= 4 is 0 Å². The molecule has 11 heavy (non-hydrogen) atoms. The number of allylic oxidation sites excluding steroid dienone is 2. The van der Waals surface area contributed by atoms with Crippen molar-refractivity contribution < 1.29 is 4.74 Å². The number of hydrogen-bond acceptors (Lipinski definition) is 1. The van der Waals surface area contributed by atoms with Crippen LogP contribution in [-0.2, 0) is 4.74 Å². The van der Waals surface area contributed by atoms with Crippen LogP contribution < -0.4 is 0 Å². The Morgan fingerprint density at radius 1 is 1.36 bits per heavy atom. The van der Waals surface area contributed by atoms with E-state index >= 15 is 0 Å². The van der Waals surface area contributed by atoms with Crippen LogP contribution in [0.25, 0.3) is 0 Å². The predicted molar refractivity (Wildman–Crippen MR) is 47.5 cm³/mol. The molecule has 0 spiro atoms. The van der Waals surface area contributed by atoms with Crippen molar-refractivity contribution in [2.75, 3.05) is 7.11 Å². The highest BCUT2D eigenvalue weighted by Gasteiger charge is 2.15. The highest BCUT2D eigenvalue weighted by atomic mass is 16.5. The van der Waals surface area contributed by atoms with Gasteiger partial charge in [-0.1, -0.05) is 11.6 Å². The highest BCUT2D eigenvalue weighted by molar-refractivity contribution is 5.33. The molecular weight excluding hydrogens is 136 g/mol. The Balaban J connectivity index is 2.87. The summed E-state index contributed by atoms with van der Waals surface area (Å²) in [5.74, 6) is 0. The zero-order valence-electron chi connectivity index (χ0n) is 7.77. The van der Waals surface area contributed by atoms with Crippen molar-refractivity contribution in [3.63, 3.8) is 0 Å². The molecule has 0 fully saturated rings. The molecule has 0 heterocycles. The van der Waals surface area contributed by atoms with E-state index in [2.05, 4.69) is 26.8 Å². The molecule has 1 aliphatic carbocycles. The maximum atomic E-state index is 5.35. The minimum atomic E-state index is 0.319. The number of hydrogen-bond donors (Lipinski definition) is 0. The third-order valence-electron chi connectivity index (χ3n) is 2.36. The Morgan fingerprint density at radius 2 is 2.00 bits per heavy atom. The van der Waals surface area contributed by atoms with Gasteiger partial charge in [0.25, 0.3) is 0 Å². The van der Waals surface area contributed by atoms with Crippen LogP contribution in [0.2, 0.25) is 0 Å². The molecule has 1 rings (SSSR count). The first kappa shape index (κ1) is 8.54. The van der Waals surface area contributed by atoms with Gasteiger partial charge in [0, 0.05) is 7.11 Å². The zero-order valence-corrected chi connectivity index (χ0v) is 7.77. The van der Waals surface area contributed by atoms with Gasteiger partial charge in [-0.3, -0.25) is 0 Å². The molecule has 0 aliphatic heterocycles. The molecule has 1 heteroatoms. The van der Waals surface area contributed by atoms with Gasteiger partial charge in [0.1, 0.15) is 0 Å². The third-order valence-corrected chi connectivity index (χ3v) is 2.36. The van der Waals surface area contributed by atoms with E-state index in [0.717, 1.165) is 6.42 Å². The molecule has 0 bridgehead atoms. The van der Waals surface area contributed by atoms with Gasteiger partial charge in [-0.15, -0.1) is 0 Å². The molecule has 1 nitrogen and oxygen atoms in total. The first-order chi connectivity index (χ1) is 5.15. The second-order valence-electron chi connectivity index (χ2n) is 3.29. The maximum Gasteiger partial charge on any atom is 0.0821 e. The van der Waals surface area contributed by atoms with E-state index in [9.17, 15) is 0 Å². The van der Waals surface area contributed by atoms with E-state index in [-0.39, 0.29) is 0 Å². The molecule has 0 amide bonds. The van der Waals surface area contributed by atoms with E-state index in [0.29, 0.717) is 6.10 Å². The van der Waals surface area contributed by atoms with Crippen LogP contribution in [0.3, 0.4) is 0 Å². The second kappa shape index (κ2) is 3.22. The Morgan fingerprint density at radius 3 is 2.55 bits per heavy atom. The van der Waals surface area contributed by atoms with Crippen molar-refractivity contribution in [1.82, 2.24) is 0 Å². The molecule has 1 atom stereocenters. The maximum absolute atomic E-state index is 5.35. The number of methoxy groups -OCH3 is 1. The van der Waals surface area contributed by atoms with Crippen molar-refractivity contribution in [2.24, 2.45) is 0 Å². The van der Waals surface area contributed by atoms with Gasteiger partial charge in [-0.05, 0) is 38.3 Å². The van der Waals surface area contributed by atoms with Crippen LogP contribution in [0.1, 0.15) is 27.2 Å². The fraction of sp³-hybridized carbons (Fsp3) is 0.600. The third kappa shape index (κ3) is 1.72. The summed E-state index contributed by atoms with van der Waals surface area (Å²) in [6.07, 6.45) is 3.62. The van der Waals surface area contributed by atoms with Crippen LogP contribution in [0.5, 0.6) is 0 Å². The van der Waals surface area contributed by atoms with Crippen molar-refractivity contribution in [3.8, 4) is 0 Å². The molecule has 0 aromatic carbocycles. The van der Waals surface area contributed by atoms with Gasteiger partial charge >= 0.3 is 0 Å². The Hall–Kier alpha value is -0.560. The molecule has 1 unspecified atom stereocenters. The van der Waals surface area contributed by atoms with Gasteiger partial charge in [-0.2, -0.15) is 0 Å². The van der Waals surface area contributed by atoms with Gasteiger partial charge in [-0.25, -0.2) is 0 Å². The average molecular weight is 152 g/mol.